The maximum Gasteiger partial charge on any atom is 0.315 e. The number of nitrogens with one attached hydrogen (secondary N) is 3. The van der Waals surface area contributed by atoms with Crippen LogP contribution in [0, 0.1) is 0 Å². The monoisotopic (exact) mass is 405 g/mol. The second-order valence-corrected chi connectivity index (χ2v) is 8.27. The van der Waals surface area contributed by atoms with Crippen molar-refractivity contribution in [3.8, 4) is 11.5 Å². The number of hydrogen-bond donors (Lipinski definition) is 3. The summed E-state index contributed by atoms with van der Waals surface area (Å²) in [7, 11) is -1.92. The van der Waals surface area contributed by atoms with E-state index in [0.29, 0.717) is 36.8 Å². The molecule has 3 rings (SSSR count). The summed E-state index contributed by atoms with van der Waals surface area (Å²) < 4.78 is 36.8. The van der Waals surface area contributed by atoms with Crippen LogP contribution in [0.15, 0.2) is 48.5 Å². The Morgan fingerprint density at radius 2 is 1.71 bits per heavy atom. The smallest absolute Gasteiger partial charge is 0.315 e. The van der Waals surface area contributed by atoms with Crippen LogP contribution in [-0.4, -0.2) is 40.8 Å². The third-order valence-electron chi connectivity index (χ3n) is 4.20. The number of urea groups is 1. The highest BCUT2D eigenvalue weighted by Crippen LogP contribution is 2.30. The van der Waals surface area contributed by atoms with Crippen LogP contribution in [0.2, 0.25) is 0 Å². The molecule has 0 saturated carbocycles. The number of benzene rings is 2. The first-order chi connectivity index (χ1) is 13.4. The van der Waals surface area contributed by atoms with Gasteiger partial charge in [-0.05, 0) is 30.3 Å². The van der Waals surface area contributed by atoms with E-state index in [1.807, 2.05) is 24.3 Å². The average Bonchev–Trinajstić information content (AvgIpc) is 2.71. The molecule has 9 heteroatoms. The zero-order chi connectivity index (χ0) is 20.0. The van der Waals surface area contributed by atoms with Gasteiger partial charge in [0.05, 0.1) is 12.3 Å². The van der Waals surface area contributed by atoms with Gasteiger partial charge in [0.15, 0.2) is 17.6 Å². The van der Waals surface area contributed by atoms with Crippen molar-refractivity contribution in [2.24, 2.45) is 0 Å². The summed E-state index contributed by atoms with van der Waals surface area (Å²) >= 11 is 0. The van der Waals surface area contributed by atoms with E-state index in [9.17, 15) is 13.2 Å². The first kappa shape index (κ1) is 20.0. The molecule has 1 heterocycles. The van der Waals surface area contributed by atoms with Crippen molar-refractivity contribution in [1.29, 1.82) is 0 Å². The van der Waals surface area contributed by atoms with Gasteiger partial charge in [0, 0.05) is 6.54 Å². The van der Waals surface area contributed by atoms with E-state index in [1.54, 1.807) is 24.3 Å². The molecular weight excluding hydrogens is 382 g/mol. The van der Waals surface area contributed by atoms with Gasteiger partial charge in [-0.25, -0.2) is 17.9 Å². The lowest BCUT2D eigenvalue weighted by atomic mass is 10.1. The predicted molar refractivity (Wildman–Crippen MR) is 105 cm³/mol. The zero-order valence-electron chi connectivity index (χ0n) is 15.5. The molecule has 3 N–H and O–H groups in total. The Kier molecular flexibility index (Phi) is 6.37. The molecule has 1 aliphatic rings. The van der Waals surface area contributed by atoms with Crippen LogP contribution in [-0.2, 0) is 22.3 Å². The average molecular weight is 405 g/mol. The second kappa shape index (κ2) is 8.94. The molecule has 0 unspecified atom stereocenters. The highest BCUT2D eigenvalue weighted by Gasteiger charge is 2.20. The Hall–Kier alpha value is -2.78. The fourth-order valence-electron chi connectivity index (χ4n) is 2.66. The lowest BCUT2D eigenvalue weighted by molar-refractivity contribution is 0.0918. The van der Waals surface area contributed by atoms with Gasteiger partial charge in [0.25, 0.3) is 0 Å². The van der Waals surface area contributed by atoms with Gasteiger partial charge in [0.1, 0.15) is 6.61 Å². The van der Waals surface area contributed by atoms with Gasteiger partial charge < -0.3 is 20.1 Å². The Labute approximate surface area is 164 Å². The van der Waals surface area contributed by atoms with E-state index in [-0.39, 0.29) is 17.9 Å². The fourth-order valence-corrected chi connectivity index (χ4v) is 3.44. The highest BCUT2D eigenvalue weighted by atomic mass is 32.2. The maximum absolute atomic E-state index is 12.0. The third kappa shape index (κ3) is 5.61. The summed E-state index contributed by atoms with van der Waals surface area (Å²) in [5.41, 5.74) is 1.55. The van der Waals surface area contributed by atoms with E-state index in [0.717, 1.165) is 5.56 Å². The molecule has 28 heavy (non-hydrogen) atoms. The van der Waals surface area contributed by atoms with Crippen LogP contribution in [0.5, 0.6) is 11.5 Å². The van der Waals surface area contributed by atoms with Crippen molar-refractivity contribution in [2.45, 2.75) is 18.4 Å². The van der Waals surface area contributed by atoms with Gasteiger partial charge in [-0.1, -0.05) is 36.4 Å². The van der Waals surface area contributed by atoms with Gasteiger partial charge >= 0.3 is 6.03 Å². The van der Waals surface area contributed by atoms with Crippen LogP contribution in [0.3, 0.4) is 0 Å². The summed E-state index contributed by atoms with van der Waals surface area (Å²) in [5.74, 6) is 1.29. The summed E-state index contributed by atoms with van der Waals surface area (Å²) in [6.07, 6.45) is -0.256. The number of rotatable bonds is 7. The molecule has 0 saturated heterocycles. The summed E-state index contributed by atoms with van der Waals surface area (Å²) in [6.45, 7) is 1.02. The molecule has 2 aromatic carbocycles. The van der Waals surface area contributed by atoms with Crippen molar-refractivity contribution in [2.75, 3.05) is 20.2 Å². The number of amides is 2. The molecule has 150 valence electrons. The van der Waals surface area contributed by atoms with Crippen molar-refractivity contribution >= 4 is 16.1 Å². The van der Waals surface area contributed by atoms with Crippen LogP contribution in [0.25, 0.3) is 0 Å². The van der Waals surface area contributed by atoms with Crippen LogP contribution < -0.4 is 24.8 Å². The van der Waals surface area contributed by atoms with Crippen LogP contribution in [0.1, 0.15) is 11.1 Å². The first-order valence-electron chi connectivity index (χ1n) is 8.84. The SMILES string of the molecule is CNS(=O)(=O)Cc1ccc(CNC(=O)NC[C@@H]2COc3ccccc3O2)cc1. The Morgan fingerprint density at radius 3 is 2.43 bits per heavy atom. The molecule has 0 aliphatic carbocycles. The van der Waals surface area contributed by atoms with E-state index in [2.05, 4.69) is 15.4 Å². The zero-order valence-corrected chi connectivity index (χ0v) is 16.3. The number of ether oxygens (including phenoxy) is 2. The Bertz CT molecular complexity index is 915. The number of sulfonamides is 1. The minimum absolute atomic E-state index is 0.0791. The minimum atomic E-state index is -3.30. The molecule has 0 radical (unpaired) electrons. The third-order valence-corrected chi connectivity index (χ3v) is 5.54. The Morgan fingerprint density at radius 1 is 1.04 bits per heavy atom. The summed E-state index contributed by atoms with van der Waals surface area (Å²) in [6, 6.07) is 14.1. The number of hydrogen-bond acceptors (Lipinski definition) is 5. The van der Waals surface area contributed by atoms with Crippen LogP contribution >= 0.6 is 0 Å². The normalized spacial score (nSPS) is 15.7. The maximum atomic E-state index is 12.0. The number of para-hydroxylation sites is 2. The van der Waals surface area contributed by atoms with Gasteiger partial charge in [-0.2, -0.15) is 0 Å². The molecule has 2 aromatic rings. The van der Waals surface area contributed by atoms with E-state index >= 15 is 0 Å². The number of carbonyl (C=O) groups is 1. The van der Waals surface area contributed by atoms with E-state index in [1.165, 1.54) is 7.05 Å². The van der Waals surface area contributed by atoms with E-state index in [4.69, 9.17) is 9.47 Å². The molecular formula is C19H23N3O5S. The standard InChI is InChI=1S/C19H23N3O5S/c1-20-28(24,25)13-15-8-6-14(7-9-15)10-21-19(23)22-11-16-12-26-17-4-2-3-5-18(17)27-16/h2-9,16,20H,10-13H2,1H3,(H2,21,22,23)/t16-/m1/s1. The van der Waals surface area contributed by atoms with Crippen LogP contribution in [0.4, 0.5) is 4.79 Å². The molecule has 0 spiro atoms. The van der Waals surface area contributed by atoms with E-state index < -0.39 is 10.0 Å². The van der Waals surface area contributed by atoms with Gasteiger partial charge in [-0.3, -0.25) is 0 Å². The van der Waals surface area contributed by atoms with Gasteiger partial charge in [-0.15, -0.1) is 0 Å². The highest BCUT2D eigenvalue weighted by molar-refractivity contribution is 7.88. The molecule has 0 fully saturated rings. The summed E-state index contributed by atoms with van der Waals surface area (Å²) in [5, 5.41) is 5.52. The number of fused-ring (bicyclic) bond motifs is 1. The lowest BCUT2D eigenvalue weighted by Crippen LogP contribution is -2.44. The Balaban J connectivity index is 1.41. The fraction of sp³-hybridized carbons (Fsp3) is 0.316. The van der Waals surface area contributed by atoms with Gasteiger partial charge in [0.2, 0.25) is 10.0 Å². The predicted octanol–water partition coefficient (Wildman–Crippen LogP) is 1.37. The first-order valence-corrected chi connectivity index (χ1v) is 10.5. The lowest BCUT2D eigenvalue weighted by Gasteiger charge is -2.26. The quantitative estimate of drug-likeness (QED) is 0.645. The molecule has 1 aliphatic heterocycles. The van der Waals surface area contributed by atoms with Crippen molar-refractivity contribution in [1.82, 2.24) is 15.4 Å². The van der Waals surface area contributed by atoms with Crippen molar-refractivity contribution in [3.05, 3.63) is 59.7 Å². The largest absolute Gasteiger partial charge is 0.486 e. The summed E-state index contributed by atoms with van der Waals surface area (Å²) in [4.78, 5) is 12.0. The molecule has 0 bridgehead atoms. The number of carbonyl (C=O) groups excluding carboxylic acids is 1. The minimum Gasteiger partial charge on any atom is -0.486 e. The molecule has 8 nitrogen and oxygen atoms in total. The van der Waals surface area contributed by atoms with Crippen molar-refractivity contribution < 1.29 is 22.7 Å². The molecule has 1 atom stereocenters. The molecule has 0 aromatic heterocycles. The molecule has 2 amide bonds. The topological polar surface area (TPSA) is 106 Å². The van der Waals surface area contributed by atoms with Crippen molar-refractivity contribution in [3.63, 3.8) is 0 Å². The second-order valence-electron chi connectivity index (χ2n) is 6.34.